The predicted octanol–water partition coefficient (Wildman–Crippen LogP) is 1.72. The van der Waals surface area contributed by atoms with Crippen molar-refractivity contribution in [1.29, 1.82) is 0 Å². The van der Waals surface area contributed by atoms with Gasteiger partial charge < -0.3 is 15.0 Å². The first kappa shape index (κ1) is 20.1. The van der Waals surface area contributed by atoms with Gasteiger partial charge in [0.1, 0.15) is 6.54 Å². The first-order valence-corrected chi connectivity index (χ1v) is 10.3. The molecule has 0 bridgehead atoms. The van der Waals surface area contributed by atoms with Crippen molar-refractivity contribution >= 4 is 35.1 Å². The van der Waals surface area contributed by atoms with Gasteiger partial charge in [-0.3, -0.25) is 24.1 Å². The number of carbonyl (C=O) groups is 4. The van der Waals surface area contributed by atoms with Crippen LogP contribution in [0, 0.1) is 11.8 Å². The molecule has 158 valence electrons. The summed E-state index contributed by atoms with van der Waals surface area (Å²) in [5.74, 6) is -2.70. The number of benzene rings is 1. The molecule has 1 aromatic rings. The Hall–Kier alpha value is -3.16. The number of imide groups is 1. The third-order valence-electron chi connectivity index (χ3n) is 5.87. The monoisotopic (exact) mass is 411 g/mol. The number of fused-ring (bicyclic) bond motifs is 1. The number of hydrogen-bond acceptors (Lipinski definition) is 6. The van der Waals surface area contributed by atoms with Gasteiger partial charge in [0.2, 0.25) is 11.8 Å². The summed E-state index contributed by atoms with van der Waals surface area (Å²) in [5.41, 5.74) is 1.73. The van der Waals surface area contributed by atoms with Crippen molar-refractivity contribution in [2.24, 2.45) is 11.8 Å². The van der Waals surface area contributed by atoms with Gasteiger partial charge in [0.25, 0.3) is 5.91 Å². The predicted molar refractivity (Wildman–Crippen MR) is 110 cm³/mol. The maximum absolute atomic E-state index is 12.4. The Balaban J connectivity index is 1.23. The van der Waals surface area contributed by atoms with E-state index in [1.54, 1.807) is 0 Å². The molecule has 2 saturated heterocycles. The molecule has 4 rings (SSSR count). The Bertz CT molecular complexity index is 847. The molecule has 0 spiro atoms. The summed E-state index contributed by atoms with van der Waals surface area (Å²) >= 11 is 0. The van der Waals surface area contributed by atoms with Gasteiger partial charge in [-0.25, -0.2) is 0 Å². The zero-order valence-electron chi connectivity index (χ0n) is 16.7. The molecule has 0 aromatic heterocycles. The van der Waals surface area contributed by atoms with Crippen LogP contribution in [0.15, 0.2) is 36.4 Å². The fraction of sp³-hybridized carbons (Fsp3) is 0.455. The molecule has 1 N–H and O–H groups in total. The lowest BCUT2D eigenvalue weighted by atomic mass is 9.85. The molecule has 2 aliphatic heterocycles. The van der Waals surface area contributed by atoms with Gasteiger partial charge in [0.05, 0.1) is 11.8 Å². The van der Waals surface area contributed by atoms with Crippen LogP contribution in [-0.4, -0.2) is 54.8 Å². The Morgan fingerprint density at radius 2 is 1.57 bits per heavy atom. The highest BCUT2D eigenvalue weighted by atomic mass is 16.5. The quantitative estimate of drug-likeness (QED) is 0.435. The van der Waals surface area contributed by atoms with Crippen molar-refractivity contribution < 1.29 is 23.9 Å². The van der Waals surface area contributed by atoms with Gasteiger partial charge in [-0.1, -0.05) is 12.2 Å². The highest BCUT2D eigenvalue weighted by Gasteiger charge is 2.47. The number of allylic oxidation sites excluding steroid dienone is 2. The molecule has 2 atom stereocenters. The van der Waals surface area contributed by atoms with Crippen LogP contribution in [0.1, 0.15) is 25.7 Å². The van der Waals surface area contributed by atoms with E-state index >= 15 is 0 Å². The number of amides is 3. The number of likely N-dealkylation sites (tertiary alicyclic amines) is 1. The third-order valence-corrected chi connectivity index (χ3v) is 5.87. The molecule has 2 fully saturated rings. The van der Waals surface area contributed by atoms with Crippen molar-refractivity contribution in [3.05, 3.63) is 36.4 Å². The van der Waals surface area contributed by atoms with E-state index < -0.39 is 25.0 Å². The highest BCUT2D eigenvalue weighted by Crippen LogP contribution is 2.34. The Morgan fingerprint density at radius 3 is 2.17 bits per heavy atom. The second-order valence-electron chi connectivity index (χ2n) is 7.87. The fourth-order valence-electron chi connectivity index (χ4n) is 4.27. The molecule has 1 aromatic carbocycles. The van der Waals surface area contributed by atoms with E-state index in [4.69, 9.17) is 4.74 Å². The molecule has 0 unspecified atom stereocenters. The lowest BCUT2D eigenvalue weighted by Crippen LogP contribution is -2.37. The lowest BCUT2D eigenvalue weighted by molar-refractivity contribution is -0.154. The minimum absolute atomic E-state index is 0.339. The minimum atomic E-state index is -0.775. The largest absolute Gasteiger partial charge is 0.454 e. The van der Waals surface area contributed by atoms with E-state index in [9.17, 15) is 19.2 Å². The summed E-state index contributed by atoms with van der Waals surface area (Å²) in [6, 6.07) is 7.52. The van der Waals surface area contributed by atoms with Gasteiger partial charge in [0, 0.05) is 24.5 Å². The summed E-state index contributed by atoms with van der Waals surface area (Å²) in [4.78, 5) is 52.1. The molecule has 3 amide bonds. The molecular weight excluding hydrogens is 386 g/mol. The topological polar surface area (TPSA) is 96.0 Å². The van der Waals surface area contributed by atoms with E-state index in [0.717, 1.165) is 23.7 Å². The second-order valence-corrected chi connectivity index (χ2v) is 7.87. The second kappa shape index (κ2) is 8.69. The van der Waals surface area contributed by atoms with Gasteiger partial charge in [-0.15, -0.1) is 0 Å². The molecule has 30 heavy (non-hydrogen) atoms. The Morgan fingerprint density at radius 1 is 0.967 bits per heavy atom. The fourth-order valence-corrected chi connectivity index (χ4v) is 4.27. The number of carbonyl (C=O) groups excluding carboxylic acids is 4. The molecule has 2 heterocycles. The van der Waals surface area contributed by atoms with Crippen LogP contribution >= 0.6 is 0 Å². The van der Waals surface area contributed by atoms with E-state index in [2.05, 4.69) is 10.2 Å². The van der Waals surface area contributed by atoms with E-state index in [-0.39, 0.29) is 23.7 Å². The summed E-state index contributed by atoms with van der Waals surface area (Å²) < 4.78 is 4.97. The van der Waals surface area contributed by atoms with Crippen LogP contribution in [-0.2, 0) is 23.9 Å². The molecule has 0 radical (unpaired) electrons. The van der Waals surface area contributed by atoms with E-state index in [1.165, 1.54) is 12.8 Å². The Labute approximate surface area is 174 Å². The average molecular weight is 411 g/mol. The van der Waals surface area contributed by atoms with E-state index in [1.807, 2.05) is 36.4 Å². The van der Waals surface area contributed by atoms with Gasteiger partial charge in [0.15, 0.2) is 6.61 Å². The van der Waals surface area contributed by atoms with Crippen LogP contribution in [0.2, 0.25) is 0 Å². The normalized spacial score (nSPS) is 22.9. The van der Waals surface area contributed by atoms with Crippen molar-refractivity contribution in [1.82, 2.24) is 4.90 Å². The first-order valence-electron chi connectivity index (χ1n) is 10.3. The molecule has 8 nitrogen and oxygen atoms in total. The standard InChI is InChI=1S/C22H25N3O5/c26-19(23-15-7-9-16(10-8-15)24-11-3-4-12-24)14-30-20(27)13-25-21(28)17-5-1-2-6-18(17)22(25)29/h1-2,7-10,17-18H,3-6,11-14H2,(H,23,26)/t17-,18-/m0/s1. The van der Waals surface area contributed by atoms with Crippen LogP contribution in [0.4, 0.5) is 11.4 Å². The zero-order chi connectivity index (χ0) is 21.1. The average Bonchev–Trinajstić information content (AvgIpc) is 3.37. The molecule has 3 aliphatic rings. The third kappa shape index (κ3) is 4.22. The minimum Gasteiger partial charge on any atom is -0.454 e. The number of rotatable bonds is 6. The van der Waals surface area contributed by atoms with Gasteiger partial charge in [-0.2, -0.15) is 0 Å². The molecular formula is C22H25N3O5. The SMILES string of the molecule is O=C(COC(=O)CN1C(=O)[C@H]2CC=CC[C@@H]2C1=O)Nc1ccc(N2CCCC2)cc1. The number of nitrogens with one attached hydrogen (secondary N) is 1. The summed E-state index contributed by atoms with van der Waals surface area (Å²) in [5, 5.41) is 2.68. The Kier molecular flexibility index (Phi) is 5.83. The number of nitrogens with zero attached hydrogens (tertiary/aromatic N) is 2. The van der Waals surface area contributed by atoms with Crippen molar-refractivity contribution in [3.63, 3.8) is 0 Å². The smallest absolute Gasteiger partial charge is 0.326 e. The van der Waals surface area contributed by atoms with Crippen molar-refractivity contribution in [3.8, 4) is 0 Å². The van der Waals surface area contributed by atoms with E-state index in [0.29, 0.717) is 18.5 Å². The summed E-state index contributed by atoms with van der Waals surface area (Å²) in [7, 11) is 0. The summed E-state index contributed by atoms with van der Waals surface area (Å²) in [6.07, 6.45) is 7.18. The lowest BCUT2D eigenvalue weighted by Gasteiger charge is -2.17. The molecule has 1 aliphatic carbocycles. The van der Waals surface area contributed by atoms with Crippen LogP contribution in [0.3, 0.4) is 0 Å². The first-order chi connectivity index (χ1) is 14.5. The maximum Gasteiger partial charge on any atom is 0.326 e. The molecule has 0 saturated carbocycles. The van der Waals surface area contributed by atoms with Crippen molar-refractivity contribution in [2.45, 2.75) is 25.7 Å². The highest BCUT2D eigenvalue weighted by molar-refractivity contribution is 6.07. The van der Waals surface area contributed by atoms with Crippen LogP contribution in [0.25, 0.3) is 0 Å². The van der Waals surface area contributed by atoms with Crippen molar-refractivity contribution in [2.75, 3.05) is 36.5 Å². The number of esters is 1. The van der Waals surface area contributed by atoms with Gasteiger partial charge in [-0.05, 0) is 49.9 Å². The number of ether oxygens (including phenoxy) is 1. The summed E-state index contributed by atoms with van der Waals surface area (Å²) in [6.45, 7) is 1.16. The van der Waals surface area contributed by atoms with Crippen LogP contribution in [0.5, 0.6) is 0 Å². The van der Waals surface area contributed by atoms with Crippen LogP contribution < -0.4 is 10.2 Å². The zero-order valence-corrected chi connectivity index (χ0v) is 16.7. The molecule has 8 heteroatoms. The number of hydrogen-bond donors (Lipinski definition) is 1. The maximum atomic E-state index is 12.4. The number of anilines is 2. The van der Waals surface area contributed by atoms with Gasteiger partial charge >= 0.3 is 5.97 Å².